The van der Waals surface area contributed by atoms with Crippen LogP contribution in [0.25, 0.3) is 0 Å². The number of anilines is 1. The quantitative estimate of drug-likeness (QED) is 0.506. The number of rotatable bonds is 4. The molecule has 1 aliphatic heterocycles. The molecule has 1 aromatic heterocycles. The van der Waals surface area contributed by atoms with E-state index in [0.717, 1.165) is 0 Å². The Kier molecular flexibility index (Phi) is 2.95. The molecule has 0 bridgehead atoms. The fourth-order valence-electron chi connectivity index (χ4n) is 1.61. The maximum atomic E-state index is 10.8. The van der Waals surface area contributed by atoms with Crippen LogP contribution in [0.5, 0.6) is 0 Å². The molecule has 1 fully saturated rings. The molecule has 2 heterocycles. The van der Waals surface area contributed by atoms with Crippen molar-refractivity contribution in [3.63, 3.8) is 0 Å². The van der Waals surface area contributed by atoms with E-state index in [4.69, 9.17) is 0 Å². The maximum absolute atomic E-state index is 10.8. The summed E-state index contributed by atoms with van der Waals surface area (Å²) in [6.45, 7) is 2.98. The molecule has 3 N–H and O–H groups in total. The van der Waals surface area contributed by atoms with Gasteiger partial charge in [0.25, 0.3) is 0 Å². The summed E-state index contributed by atoms with van der Waals surface area (Å²) >= 11 is 0. The first-order chi connectivity index (χ1) is 8.00. The largest absolute Gasteiger partial charge is 0.385 e. The third-order valence-corrected chi connectivity index (χ3v) is 2.70. The number of hydrogen-bond donors (Lipinski definition) is 3. The summed E-state index contributed by atoms with van der Waals surface area (Å²) in [7, 11) is 0. The predicted octanol–water partition coefficient (Wildman–Crippen LogP) is 0.0444. The number of aryl methyl sites for hydroxylation is 1. The molecule has 2 rings (SSSR count). The first kappa shape index (κ1) is 11.7. The van der Waals surface area contributed by atoms with Crippen LogP contribution in [0.3, 0.4) is 0 Å². The Morgan fingerprint density at radius 3 is 2.88 bits per heavy atom. The average Bonchev–Trinajstić information content (AvgIpc) is 2.23. The van der Waals surface area contributed by atoms with Gasteiger partial charge in [0, 0.05) is 31.4 Å². The van der Waals surface area contributed by atoms with Crippen LogP contribution in [-0.4, -0.2) is 40.2 Å². The Bertz CT molecular complexity index is 445. The third kappa shape index (κ3) is 2.51. The number of nitrogens with one attached hydrogen (secondary N) is 2. The van der Waals surface area contributed by atoms with E-state index in [-0.39, 0.29) is 18.1 Å². The van der Waals surface area contributed by atoms with E-state index in [0.29, 0.717) is 18.8 Å². The van der Waals surface area contributed by atoms with Crippen LogP contribution < -0.4 is 10.6 Å². The van der Waals surface area contributed by atoms with Crippen molar-refractivity contribution in [1.82, 2.24) is 10.3 Å². The lowest BCUT2D eigenvalue weighted by atomic mass is 9.97. The number of nitrogens with zero attached hydrogens (tertiary/aromatic N) is 2. The third-order valence-electron chi connectivity index (χ3n) is 2.70. The highest BCUT2D eigenvalue weighted by Crippen LogP contribution is 2.23. The molecular weight excluding hydrogens is 224 g/mol. The minimum atomic E-state index is -0.834. The highest BCUT2D eigenvalue weighted by molar-refractivity contribution is 5.56. The van der Waals surface area contributed by atoms with Gasteiger partial charge in [-0.1, -0.05) is 0 Å². The van der Waals surface area contributed by atoms with Crippen molar-refractivity contribution in [1.29, 1.82) is 0 Å². The van der Waals surface area contributed by atoms with Crippen LogP contribution in [0.1, 0.15) is 5.69 Å². The van der Waals surface area contributed by atoms with Crippen molar-refractivity contribution >= 4 is 11.5 Å². The van der Waals surface area contributed by atoms with Gasteiger partial charge in [-0.25, -0.2) is 4.98 Å². The monoisotopic (exact) mass is 238 g/mol. The second-order valence-corrected chi connectivity index (χ2v) is 4.26. The molecule has 0 unspecified atom stereocenters. The minimum absolute atomic E-state index is 0.0773. The standard InChI is InChI=1S/C10H14N4O3/c1-7-2-3-8(14(16)17)9(13-7)12-6-10(15)4-11-5-10/h2-3,11,15H,4-6H2,1H3,(H,12,13). The van der Waals surface area contributed by atoms with Gasteiger partial charge < -0.3 is 15.7 Å². The topological polar surface area (TPSA) is 100 Å². The van der Waals surface area contributed by atoms with Gasteiger partial charge in [0.2, 0.25) is 5.82 Å². The fraction of sp³-hybridized carbons (Fsp3) is 0.500. The summed E-state index contributed by atoms with van der Waals surface area (Å²) in [5, 5.41) is 26.4. The van der Waals surface area contributed by atoms with Gasteiger partial charge >= 0.3 is 5.69 Å². The van der Waals surface area contributed by atoms with Crippen LogP contribution in [-0.2, 0) is 0 Å². The highest BCUT2D eigenvalue weighted by Gasteiger charge is 2.34. The van der Waals surface area contributed by atoms with E-state index in [1.54, 1.807) is 13.0 Å². The average molecular weight is 238 g/mol. The molecular formula is C10H14N4O3. The molecule has 0 spiro atoms. The molecule has 1 aromatic rings. The van der Waals surface area contributed by atoms with E-state index < -0.39 is 10.5 Å². The van der Waals surface area contributed by atoms with Crippen molar-refractivity contribution in [3.8, 4) is 0 Å². The van der Waals surface area contributed by atoms with Crippen LogP contribution in [0.2, 0.25) is 0 Å². The molecule has 1 saturated heterocycles. The van der Waals surface area contributed by atoms with Crippen molar-refractivity contribution < 1.29 is 10.0 Å². The van der Waals surface area contributed by atoms with Crippen LogP contribution in [0, 0.1) is 17.0 Å². The summed E-state index contributed by atoms with van der Waals surface area (Å²) in [5.74, 6) is 0.204. The van der Waals surface area contributed by atoms with E-state index in [2.05, 4.69) is 15.6 Å². The predicted molar refractivity (Wildman–Crippen MR) is 61.9 cm³/mol. The van der Waals surface area contributed by atoms with Crippen LogP contribution in [0.15, 0.2) is 12.1 Å². The van der Waals surface area contributed by atoms with Gasteiger partial charge in [0.1, 0.15) is 5.60 Å². The summed E-state index contributed by atoms with van der Waals surface area (Å²) in [4.78, 5) is 14.4. The highest BCUT2D eigenvalue weighted by atomic mass is 16.6. The molecule has 0 radical (unpaired) electrons. The smallest absolute Gasteiger partial charge is 0.311 e. The van der Waals surface area contributed by atoms with Gasteiger partial charge in [0.05, 0.1) is 4.92 Å². The van der Waals surface area contributed by atoms with Gasteiger partial charge in [-0.2, -0.15) is 0 Å². The Morgan fingerprint density at radius 2 is 2.35 bits per heavy atom. The molecule has 1 aliphatic rings. The van der Waals surface area contributed by atoms with Crippen LogP contribution in [0.4, 0.5) is 11.5 Å². The number of nitro groups is 1. The molecule has 17 heavy (non-hydrogen) atoms. The number of pyridine rings is 1. The Balaban J connectivity index is 2.13. The SMILES string of the molecule is Cc1ccc([N+](=O)[O-])c(NCC2(O)CNC2)n1. The Morgan fingerprint density at radius 1 is 1.65 bits per heavy atom. The van der Waals surface area contributed by atoms with Crippen molar-refractivity contribution in [2.45, 2.75) is 12.5 Å². The molecule has 0 aliphatic carbocycles. The second kappa shape index (κ2) is 4.27. The maximum Gasteiger partial charge on any atom is 0.311 e. The number of aliphatic hydroxyl groups is 1. The van der Waals surface area contributed by atoms with E-state index in [1.165, 1.54) is 6.07 Å². The van der Waals surface area contributed by atoms with Crippen molar-refractivity contribution in [2.75, 3.05) is 25.0 Å². The molecule has 0 aromatic carbocycles. The number of β-amino-alcohol motifs (C(OH)–C–C–N with tert-alkyl or cyclic N) is 1. The Labute approximate surface area is 98.0 Å². The van der Waals surface area contributed by atoms with E-state index >= 15 is 0 Å². The van der Waals surface area contributed by atoms with Crippen molar-refractivity contribution in [3.05, 3.63) is 27.9 Å². The van der Waals surface area contributed by atoms with Gasteiger partial charge in [-0.3, -0.25) is 10.1 Å². The van der Waals surface area contributed by atoms with Crippen LogP contribution >= 0.6 is 0 Å². The molecule has 7 heteroatoms. The summed E-state index contributed by atoms with van der Waals surface area (Å²) in [6, 6.07) is 3.00. The zero-order chi connectivity index (χ0) is 12.5. The summed E-state index contributed by atoms with van der Waals surface area (Å²) < 4.78 is 0. The molecule has 92 valence electrons. The lowest BCUT2D eigenvalue weighted by molar-refractivity contribution is -0.384. The normalized spacial score (nSPS) is 17.3. The second-order valence-electron chi connectivity index (χ2n) is 4.26. The number of hydrogen-bond acceptors (Lipinski definition) is 6. The van der Waals surface area contributed by atoms with Gasteiger partial charge in [-0.05, 0) is 13.0 Å². The molecule has 7 nitrogen and oxygen atoms in total. The first-order valence-electron chi connectivity index (χ1n) is 5.29. The minimum Gasteiger partial charge on any atom is -0.385 e. The lowest BCUT2D eigenvalue weighted by Gasteiger charge is -2.37. The number of aromatic nitrogens is 1. The molecule has 0 amide bonds. The fourth-order valence-corrected chi connectivity index (χ4v) is 1.61. The summed E-state index contributed by atoms with van der Waals surface area (Å²) in [6.07, 6.45) is 0. The van der Waals surface area contributed by atoms with Gasteiger partial charge in [0.15, 0.2) is 0 Å². The summed E-state index contributed by atoms with van der Waals surface area (Å²) in [5.41, 5.74) is -0.220. The molecule has 0 saturated carbocycles. The Hall–Kier alpha value is -1.73. The lowest BCUT2D eigenvalue weighted by Crippen LogP contribution is -2.63. The van der Waals surface area contributed by atoms with E-state index in [1.807, 2.05) is 0 Å². The zero-order valence-electron chi connectivity index (χ0n) is 9.43. The zero-order valence-corrected chi connectivity index (χ0v) is 9.43. The van der Waals surface area contributed by atoms with Gasteiger partial charge in [-0.15, -0.1) is 0 Å². The van der Waals surface area contributed by atoms with E-state index in [9.17, 15) is 15.2 Å². The molecule has 0 atom stereocenters. The first-order valence-corrected chi connectivity index (χ1v) is 5.29. The van der Waals surface area contributed by atoms with Crippen molar-refractivity contribution in [2.24, 2.45) is 0 Å².